The third kappa shape index (κ3) is 1.35. The minimum atomic E-state index is -3.89. The summed E-state index contributed by atoms with van der Waals surface area (Å²) in [6.45, 7) is 0. The summed E-state index contributed by atoms with van der Waals surface area (Å²) in [5.74, 6) is -1.47. The fourth-order valence-electron chi connectivity index (χ4n) is 1.40. The summed E-state index contributed by atoms with van der Waals surface area (Å²) in [5, 5.41) is 8.95. The van der Waals surface area contributed by atoms with Gasteiger partial charge in [-0.2, -0.15) is 0 Å². The molecule has 0 atom stereocenters. The molecule has 1 heterocycles. The number of rotatable bonds is 1. The number of carboxylic acid groups (broad SMARTS) is 1. The van der Waals surface area contributed by atoms with Gasteiger partial charge in [0.05, 0.1) is 4.90 Å². The number of halogens is 1. The zero-order valence-corrected chi connectivity index (χ0v) is 8.84. The van der Waals surface area contributed by atoms with Crippen molar-refractivity contribution in [2.45, 2.75) is 4.90 Å². The SMILES string of the molecule is O=C(O)C1=Cc2c(Cl)cccc2S1(=O)=O. The molecule has 6 heteroatoms. The van der Waals surface area contributed by atoms with Crippen molar-refractivity contribution in [3.63, 3.8) is 0 Å². The molecule has 0 saturated heterocycles. The second-order valence-electron chi connectivity index (χ2n) is 2.97. The molecule has 0 unspecified atom stereocenters. The van der Waals surface area contributed by atoms with E-state index in [0.29, 0.717) is 0 Å². The molecule has 1 N–H and O–H groups in total. The van der Waals surface area contributed by atoms with Crippen LogP contribution in [0.4, 0.5) is 0 Å². The van der Waals surface area contributed by atoms with Crippen LogP contribution in [0.15, 0.2) is 28.0 Å². The van der Waals surface area contributed by atoms with Crippen LogP contribution in [-0.4, -0.2) is 19.5 Å². The molecular formula is C9H5ClO4S. The summed E-state index contributed by atoms with van der Waals surface area (Å²) in [4.78, 5) is 10.0. The lowest BCUT2D eigenvalue weighted by Gasteiger charge is -1.99. The van der Waals surface area contributed by atoms with E-state index in [2.05, 4.69) is 0 Å². The van der Waals surface area contributed by atoms with Gasteiger partial charge in [0.15, 0.2) is 4.91 Å². The molecule has 15 heavy (non-hydrogen) atoms. The Balaban J connectivity index is 2.81. The predicted molar refractivity (Wildman–Crippen MR) is 54.3 cm³/mol. The summed E-state index contributed by atoms with van der Waals surface area (Å²) in [6.07, 6.45) is 1.08. The summed E-state index contributed by atoms with van der Waals surface area (Å²) in [6, 6.07) is 4.32. The Morgan fingerprint density at radius 3 is 2.53 bits per heavy atom. The van der Waals surface area contributed by atoms with E-state index in [4.69, 9.17) is 16.7 Å². The molecule has 0 amide bonds. The summed E-state index contributed by atoms with van der Waals surface area (Å²) in [5.41, 5.74) is 0.247. The predicted octanol–water partition coefficient (Wildman–Crippen LogP) is 1.55. The molecular weight excluding hydrogens is 240 g/mol. The quantitative estimate of drug-likeness (QED) is 0.814. The van der Waals surface area contributed by atoms with Gasteiger partial charge in [-0.15, -0.1) is 0 Å². The Kier molecular flexibility index (Phi) is 2.09. The maximum absolute atomic E-state index is 11.7. The number of hydrogen-bond acceptors (Lipinski definition) is 3. The number of hydrogen-bond donors (Lipinski definition) is 1. The molecule has 0 aliphatic carbocycles. The minimum absolute atomic E-state index is 0.0487. The largest absolute Gasteiger partial charge is 0.477 e. The van der Waals surface area contributed by atoms with Crippen LogP contribution in [0.1, 0.15) is 5.56 Å². The topological polar surface area (TPSA) is 71.4 Å². The zero-order valence-electron chi connectivity index (χ0n) is 7.27. The van der Waals surface area contributed by atoms with Crippen molar-refractivity contribution in [2.24, 2.45) is 0 Å². The van der Waals surface area contributed by atoms with Gasteiger partial charge in [-0.05, 0) is 18.2 Å². The van der Waals surface area contributed by atoms with Gasteiger partial charge in [0.25, 0.3) is 0 Å². The van der Waals surface area contributed by atoms with Crippen LogP contribution in [0.5, 0.6) is 0 Å². The molecule has 1 aliphatic heterocycles. The lowest BCUT2D eigenvalue weighted by Crippen LogP contribution is -2.09. The molecule has 1 aromatic carbocycles. The van der Waals surface area contributed by atoms with E-state index >= 15 is 0 Å². The van der Waals surface area contributed by atoms with Crippen molar-refractivity contribution in [2.75, 3.05) is 0 Å². The van der Waals surface area contributed by atoms with Gasteiger partial charge in [0.1, 0.15) is 0 Å². The zero-order chi connectivity index (χ0) is 11.2. The third-order valence-corrected chi connectivity index (χ3v) is 4.21. The molecule has 0 saturated carbocycles. The molecule has 4 nitrogen and oxygen atoms in total. The van der Waals surface area contributed by atoms with Crippen LogP contribution in [0.25, 0.3) is 6.08 Å². The highest BCUT2D eigenvalue weighted by Crippen LogP contribution is 2.36. The van der Waals surface area contributed by atoms with Crippen LogP contribution in [0.3, 0.4) is 0 Å². The molecule has 0 bridgehead atoms. The standard InChI is InChI=1S/C9H5ClO4S/c10-6-2-1-3-7-5(6)4-8(9(11)12)15(7,13)14/h1-4H,(H,11,12). The van der Waals surface area contributed by atoms with Crippen molar-refractivity contribution in [1.82, 2.24) is 0 Å². The lowest BCUT2D eigenvalue weighted by atomic mass is 10.2. The Morgan fingerprint density at radius 1 is 1.33 bits per heavy atom. The number of fused-ring (bicyclic) bond motifs is 1. The van der Waals surface area contributed by atoms with Gasteiger partial charge in [0.2, 0.25) is 9.84 Å². The second kappa shape index (κ2) is 3.08. The molecule has 0 spiro atoms. The van der Waals surface area contributed by atoms with Crippen LogP contribution in [-0.2, 0) is 14.6 Å². The molecule has 78 valence electrons. The van der Waals surface area contributed by atoms with Crippen molar-refractivity contribution >= 4 is 33.5 Å². The first-order chi connectivity index (χ1) is 6.94. The molecule has 1 aliphatic rings. The Hall–Kier alpha value is -1.33. The highest BCUT2D eigenvalue weighted by atomic mass is 35.5. The lowest BCUT2D eigenvalue weighted by molar-refractivity contribution is -0.131. The second-order valence-corrected chi connectivity index (χ2v) is 5.26. The number of carbonyl (C=O) groups is 1. The van der Waals surface area contributed by atoms with Gasteiger partial charge < -0.3 is 5.11 Å². The average molecular weight is 245 g/mol. The van der Waals surface area contributed by atoms with E-state index in [1.165, 1.54) is 18.2 Å². The summed E-state index contributed by atoms with van der Waals surface area (Å²) < 4.78 is 23.3. The highest BCUT2D eigenvalue weighted by molar-refractivity contribution is 7.96. The first-order valence-corrected chi connectivity index (χ1v) is 5.79. The minimum Gasteiger partial charge on any atom is -0.477 e. The van der Waals surface area contributed by atoms with E-state index in [-0.39, 0.29) is 15.5 Å². The Bertz CT molecular complexity index is 586. The maximum Gasteiger partial charge on any atom is 0.347 e. The van der Waals surface area contributed by atoms with Crippen molar-refractivity contribution in [3.8, 4) is 0 Å². The smallest absolute Gasteiger partial charge is 0.347 e. The number of carboxylic acids is 1. The average Bonchev–Trinajstić information content (AvgIpc) is 2.40. The first-order valence-electron chi connectivity index (χ1n) is 3.93. The fourth-order valence-corrected chi connectivity index (χ4v) is 3.14. The van der Waals surface area contributed by atoms with Crippen molar-refractivity contribution < 1.29 is 18.3 Å². The molecule has 0 aromatic heterocycles. The fraction of sp³-hybridized carbons (Fsp3) is 0. The number of aliphatic carboxylic acids is 1. The van der Waals surface area contributed by atoms with E-state index in [9.17, 15) is 13.2 Å². The molecule has 2 rings (SSSR count). The first kappa shape index (κ1) is 10.2. The van der Waals surface area contributed by atoms with E-state index < -0.39 is 20.7 Å². The van der Waals surface area contributed by atoms with E-state index in [1.54, 1.807) is 0 Å². The van der Waals surface area contributed by atoms with Crippen LogP contribution < -0.4 is 0 Å². The van der Waals surface area contributed by atoms with Gasteiger partial charge in [-0.1, -0.05) is 17.7 Å². The summed E-state index contributed by atoms with van der Waals surface area (Å²) in [7, 11) is -3.89. The van der Waals surface area contributed by atoms with Gasteiger partial charge in [0, 0.05) is 10.6 Å². The van der Waals surface area contributed by atoms with Gasteiger partial charge in [-0.25, -0.2) is 13.2 Å². The Labute approximate surface area is 90.7 Å². The summed E-state index contributed by atoms with van der Waals surface area (Å²) >= 11 is 5.76. The molecule has 0 fully saturated rings. The molecule has 1 aromatic rings. The van der Waals surface area contributed by atoms with Crippen LogP contribution >= 0.6 is 11.6 Å². The maximum atomic E-state index is 11.7. The van der Waals surface area contributed by atoms with E-state index in [0.717, 1.165) is 6.08 Å². The monoisotopic (exact) mass is 244 g/mol. The van der Waals surface area contributed by atoms with Crippen LogP contribution in [0.2, 0.25) is 5.02 Å². The van der Waals surface area contributed by atoms with Crippen molar-refractivity contribution in [1.29, 1.82) is 0 Å². The van der Waals surface area contributed by atoms with Gasteiger partial charge >= 0.3 is 5.97 Å². The Morgan fingerprint density at radius 2 is 2.00 bits per heavy atom. The third-order valence-electron chi connectivity index (χ3n) is 2.08. The van der Waals surface area contributed by atoms with Crippen molar-refractivity contribution in [3.05, 3.63) is 33.7 Å². The van der Waals surface area contributed by atoms with E-state index in [1.807, 2.05) is 0 Å². The van der Waals surface area contributed by atoms with Gasteiger partial charge in [-0.3, -0.25) is 0 Å². The molecule has 0 radical (unpaired) electrons. The number of sulfone groups is 1. The highest BCUT2D eigenvalue weighted by Gasteiger charge is 2.34. The van der Waals surface area contributed by atoms with Crippen LogP contribution in [0, 0.1) is 0 Å². The normalized spacial score (nSPS) is 17.0. The number of benzene rings is 1.